The first-order chi connectivity index (χ1) is 8.04. The van der Waals surface area contributed by atoms with Crippen molar-refractivity contribution in [2.45, 2.75) is 26.7 Å². The summed E-state index contributed by atoms with van der Waals surface area (Å²) in [6.45, 7) is 4.08. The predicted molar refractivity (Wildman–Crippen MR) is 67.3 cm³/mol. The topological polar surface area (TPSA) is 46.5 Å². The van der Waals surface area contributed by atoms with Crippen molar-refractivity contribution in [1.29, 1.82) is 0 Å². The number of benzene rings is 1. The molecular formula is C14H20O3. The monoisotopic (exact) mass is 236 g/mol. The van der Waals surface area contributed by atoms with Gasteiger partial charge in [0.25, 0.3) is 0 Å². The van der Waals surface area contributed by atoms with Gasteiger partial charge in [-0.2, -0.15) is 0 Å². The van der Waals surface area contributed by atoms with E-state index in [2.05, 4.69) is 0 Å². The Morgan fingerprint density at radius 1 is 1.35 bits per heavy atom. The van der Waals surface area contributed by atoms with Crippen LogP contribution in [-0.4, -0.2) is 18.2 Å². The lowest BCUT2D eigenvalue weighted by Gasteiger charge is -2.16. The van der Waals surface area contributed by atoms with Gasteiger partial charge in [0.15, 0.2) is 0 Å². The largest absolute Gasteiger partial charge is 0.496 e. The molecule has 1 atom stereocenters. The van der Waals surface area contributed by atoms with Gasteiger partial charge in [-0.1, -0.05) is 32.0 Å². The van der Waals surface area contributed by atoms with Crippen LogP contribution >= 0.6 is 0 Å². The van der Waals surface area contributed by atoms with Crippen molar-refractivity contribution in [1.82, 2.24) is 0 Å². The maximum atomic E-state index is 11.2. The van der Waals surface area contributed by atoms with Gasteiger partial charge in [-0.05, 0) is 30.4 Å². The van der Waals surface area contributed by atoms with Gasteiger partial charge in [-0.25, -0.2) is 0 Å². The number of hydrogen-bond donors (Lipinski definition) is 1. The Hall–Kier alpha value is -1.51. The minimum Gasteiger partial charge on any atom is -0.496 e. The first kappa shape index (κ1) is 13.6. The van der Waals surface area contributed by atoms with E-state index in [1.165, 1.54) is 0 Å². The zero-order chi connectivity index (χ0) is 12.8. The van der Waals surface area contributed by atoms with Crippen LogP contribution in [0.1, 0.15) is 25.8 Å². The number of aliphatic carboxylic acids is 1. The molecule has 3 heteroatoms. The molecule has 0 saturated carbocycles. The van der Waals surface area contributed by atoms with Crippen molar-refractivity contribution in [3.05, 3.63) is 29.8 Å². The fourth-order valence-corrected chi connectivity index (χ4v) is 1.98. The van der Waals surface area contributed by atoms with Crippen molar-refractivity contribution in [3.8, 4) is 5.75 Å². The standard InChI is InChI=1S/C14H20O3/c1-10(2)8-12(14(15)16)9-11-6-4-5-7-13(11)17-3/h4-7,10,12H,8-9H2,1-3H3,(H,15,16). The predicted octanol–water partition coefficient (Wildman–Crippen LogP) is 2.98. The molecule has 0 saturated heterocycles. The summed E-state index contributed by atoms with van der Waals surface area (Å²) in [6.07, 6.45) is 1.21. The van der Waals surface area contributed by atoms with E-state index in [-0.39, 0.29) is 5.92 Å². The van der Waals surface area contributed by atoms with Gasteiger partial charge in [0, 0.05) is 0 Å². The van der Waals surface area contributed by atoms with Crippen LogP contribution in [0.25, 0.3) is 0 Å². The maximum Gasteiger partial charge on any atom is 0.306 e. The highest BCUT2D eigenvalue weighted by molar-refractivity contribution is 5.70. The highest BCUT2D eigenvalue weighted by Crippen LogP contribution is 2.24. The minimum absolute atomic E-state index is 0.341. The lowest BCUT2D eigenvalue weighted by molar-refractivity contribution is -0.142. The zero-order valence-corrected chi connectivity index (χ0v) is 10.6. The maximum absolute atomic E-state index is 11.2. The van der Waals surface area contributed by atoms with E-state index in [9.17, 15) is 9.90 Å². The molecule has 0 aliphatic rings. The average Bonchev–Trinajstić information content (AvgIpc) is 2.28. The average molecular weight is 236 g/mol. The molecule has 1 aromatic carbocycles. The molecule has 3 nitrogen and oxygen atoms in total. The van der Waals surface area contributed by atoms with Crippen molar-refractivity contribution >= 4 is 5.97 Å². The second kappa shape index (κ2) is 6.28. The molecule has 1 unspecified atom stereocenters. The van der Waals surface area contributed by atoms with Gasteiger partial charge in [-0.15, -0.1) is 0 Å². The molecule has 1 N–H and O–H groups in total. The number of carboxylic acid groups (broad SMARTS) is 1. The Morgan fingerprint density at radius 2 is 2.00 bits per heavy atom. The van der Waals surface area contributed by atoms with Crippen molar-refractivity contribution in [2.24, 2.45) is 11.8 Å². The number of rotatable bonds is 6. The Morgan fingerprint density at radius 3 is 2.53 bits per heavy atom. The molecule has 0 bridgehead atoms. The SMILES string of the molecule is COc1ccccc1CC(CC(C)C)C(=O)O. The van der Waals surface area contributed by atoms with Gasteiger partial charge in [0.05, 0.1) is 13.0 Å². The number of ether oxygens (including phenoxy) is 1. The summed E-state index contributed by atoms with van der Waals surface area (Å²) in [6, 6.07) is 7.59. The van der Waals surface area contributed by atoms with Crippen LogP contribution < -0.4 is 4.74 Å². The highest BCUT2D eigenvalue weighted by atomic mass is 16.5. The lowest BCUT2D eigenvalue weighted by Crippen LogP contribution is -2.18. The third kappa shape index (κ3) is 4.10. The molecule has 0 radical (unpaired) electrons. The molecule has 0 fully saturated rings. The summed E-state index contributed by atoms with van der Waals surface area (Å²) in [4.78, 5) is 11.2. The molecule has 17 heavy (non-hydrogen) atoms. The summed E-state index contributed by atoms with van der Waals surface area (Å²) >= 11 is 0. The Kier molecular flexibility index (Phi) is 5.01. The first-order valence-corrected chi connectivity index (χ1v) is 5.89. The van der Waals surface area contributed by atoms with Crippen LogP contribution in [0.4, 0.5) is 0 Å². The number of para-hydroxylation sites is 1. The van der Waals surface area contributed by atoms with Crippen LogP contribution in [0.15, 0.2) is 24.3 Å². The van der Waals surface area contributed by atoms with Crippen LogP contribution in [0.3, 0.4) is 0 Å². The molecule has 0 aliphatic heterocycles. The van der Waals surface area contributed by atoms with E-state index in [4.69, 9.17) is 4.74 Å². The molecule has 0 amide bonds. The molecule has 1 rings (SSSR count). The van der Waals surface area contributed by atoms with Crippen LogP contribution in [0.5, 0.6) is 5.75 Å². The summed E-state index contributed by atoms with van der Waals surface area (Å²) in [5.41, 5.74) is 0.961. The van der Waals surface area contributed by atoms with Crippen molar-refractivity contribution < 1.29 is 14.6 Å². The quantitative estimate of drug-likeness (QED) is 0.826. The zero-order valence-electron chi connectivity index (χ0n) is 10.6. The number of carboxylic acids is 1. The summed E-state index contributed by atoms with van der Waals surface area (Å²) < 4.78 is 5.24. The van der Waals surface area contributed by atoms with Gasteiger partial charge >= 0.3 is 5.97 Å². The van der Waals surface area contributed by atoms with E-state index >= 15 is 0 Å². The molecule has 0 heterocycles. The normalized spacial score (nSPS) is 12.5. The number of hydrogen-bond acceptors (Lipinski definition) is 2. The molecule has 1 aromatic rings. The summed E-state index contributed by atoms with van der Waals surface area (Å²) in [5.74, 6) is 0.0734. The Balaban J connectivity index is 2.82. The molecule has 94 valence electrons. The lowest BCUT2D eigenvalue weighted by atomic mass is 9.91. The number of carbonyl (C=O) groups is 1. The first-order valence-electron chi connectivity index (χ1n) is 5.89. The van der Waals surface area contributed by atoms with Gasteiger partial charge in [0.1, 0.15) is 5.75 Å². The third-order valence-corrected chi connectivity index (χ3v) is 2.76. The van der Waals surface area contributed by atoms with Crippen molar-refractivity contribution in [3.63, 3.8) is 0 Å². The van der Waals surface area contributed by atoms with E-state index in [1.807, 2.05) is 38.1 Å². The smallest absolute Gasteiger partial charge is 0.306 e. The van der Waals surface area contributed by atoms with Gasteiger partial charge in [0.2, 0.25) is 0 Å². The van der Waals surface area contributed by atoms with Gasteiger partial charge < -0.3 is 9.84 Å². The third-order valence-electron chi connectivity index (χ3n) is 2.76. The van der Waals surface area contributed by atoms with Crippen LogP contribution in [0, 0.1) is 11.8 Å². The fraction of sp³-hybridized carbons (Fsp3) is 0.500. The highest BCUT2D eigenvalue weighted by Gasteiger charge is 2.20. The van der Waals surface area contributed by atoms with Crippen LogP contribution in [0.2, 0.25) is 0 Å². The molecule has 0 aromatic heterocycles. The molecule has 0 aliphatic carbocycles. The fourth-order valence-electron chi connectivity index (χ4n) is 1.98. The van der Waals surface area contributed by atoms with Crippen molar-refractivity contribution in [2.75, 3.05) is 7.11 Å². The van der Waals surface area contributed by atoms with E-state index in [0.29, 0.717) is 18.8 Å². The molecular weight excluding hydrogens is 216 g/mol. The second-order valence-electron chi connectivity index (χ2n) is 4.68. The van der Waals surface area contributed by atoms with E-state index in [1.54, 1.807) is 7.11 Å². The van der Waals surface area contributed by atoms with E-state index < -0.39 is 5.97 Å². The number of methoxy groups -OCH3 is 1. The van der Waals surface area contributed by atoms with Crippen LogP contribution in [-0.2, 0) is 11.2 Å². The summed E-state index contributed by atoms with van der Waals surface area (Å²) in [7, 11) is 1.61. The van der Waals surface area contributed by atoms with E-state index in [0.717, 1.165) is 11.3 Å². The molecule has 0 spiro atoms. The second-order valence-corrected chi connectivity index (χ2v) is 4.68. The van der Waals surface area contributed by atoms with Gasteiger partial charge in [-0.3, -0.25) is 4.79 Å². The Labute approximate surface area is 102 Å². The summed E-state index contributed by atoms with van der Waals surface area (Å²) in [5, 5.41) is 9.21. The minimum atomic E-state index is -0.732. The Bertz CT molecular complexity index is 371.